The zero-order valence-corrected chi connectivity index (χ0v) is 17.5. The number of rotatable bonds is 5. The molecule has 3 aromatic carbocycles. The quantitative estimate of drug-likeness (QED) is 0.326. The van der Waals surface area contributed by atoms with Crippen molar-refractivity contribution in [1.82, 2.24) is 19.5 Å². The number of imidazole rings is 1. The highest BCUT2D eigenvalue weighted by atomic mass is 35.5. The number of ether oxygens (including phenoxy) is 1. The van der Waals surface area contributed by atoms with E-state index in [2.05, 4.69) is 20.3 Å². The molecule has 0 saturated carbocycles. The van der Waals surface area contributed by atoms with E-state index >= 15 is 0 Å². The van der Waals surface area contributed by atoms with Crippen LogP contribution in [0.25, 0.3) is 16.9 Å². The van der Waals surface area contributed by atoms with Crippen molar-refractivity contribution >= 4 is 45.9 Å². The first-order chi connectivity index (χ1) is 15.2. The van der Waals surface area contributed by atoms with E-state index in [4.69, 9.17) is 27.9 Å². The second-order valence-corrected chi connectivity index (χ2v) is 7.49. The van der Waals surface area contributed by atoms with Gasteiger partial charge in [-0.2, -0.15) is 0 Å². The molecular formula is C23H15Cl2N5O. The Bertz CT molecular complexity index is 1350. The average molecular weight is 448 g/mol. The van der Waals surface area contributed by atoms with Crippen molar-refractivity contribution in [3.05, 3.63) is 95.5 Å². The summed E-state index contributed by atoms with van der Waals surface area (Å²) in [6, 6.07) is 22.6. The second kappa shape index (κ2) is 8.26. The Morgan fingerprint density at radius 2 is 1.55 bits per heavy atom. The Morgan fingerprint density at radius 1 is 0.774 bits per heavy atom. The van der Waals surface area contributed by atoms with E-state index < -0.39 is 0 Å². The minimum absolute atomic E-state index is 0.464. The molecule has 2 aromatic heterocycles. The van der Waals surface area contributed by atoms with Gasteiger partial charge in [-0.3, -0.25) is 4.57 Å². The zero-order chi connectivity index (χ0) is 21.2. The van der Waals surface area contributed by atoms with Gasteiger partial charge in [-0.05, 0) is 54.6 Å². The lowest BCUT2D eigenvalue weighted by Gasteiger charge is -2.09. The Hall–Kier alpha value is -3.61. The Morgan fingerprint density at radius 3 is 2.32 bits per heavy atom. The molecule has 0 unspecified atom stereocenters. The van der Waals surface area contributed by atoms with Crippen LogP contribution < -0.4 is 10.1 Å². The van der Waals surface area contributed by atoms with E-state index in [9.17, 15) is 0 Å². The van der Waals surface area contributed by atoms with Crippen LogP contribution in [0.2, 0.25) is 10.0 Å². The van der Waals surface area contributed by atoms with Gasteiger partial charge in [0.2, 0.25) is 0 Å². The maximum atomic E-state index is 6.16. The maximum Gasteiger partial charge on any atom is 0.170 e. The molecule has 0 radical (unpaired) electrons. The number of halogens is 2. The van der Waals surface area contributed by atoms with Crippen molar-refractivity contribution in [2.24, 2.45) is 0 Å². The molecule has 1 N–H and O–H groups in total. The minimum atomic E-state index is 0.464. The van der Waals surface area contributed by atoms with Gasteiger partial charge in [0.1, 0.15) is 24.2 Å². The van der Waals surface area contributed by atoms with Crippen LogP contribution in [-0.2, 0) is 0 Å². The van der Waals surface area contributed by atoms with Crippen molar-refractivity contribution < 1.29 is 4.74 Å². The van der Waals surface area contributed by atoms with Gasteiger partial charge in [0.15, 0.2) is 17.0 Å². The lowest BCUT2D eigenvalue weighted by Crippen LogP contribution is -1.98. The second-order valence-electron chi connectivity index (χ2n) is 6.67. The van der Waals surface area contributed by atoms with Crippen LogP contribution in [0.1, 0.15) is 0 Å². The average Bonchev–Trinajstić information content (AvgIpc) is 3.23. The van der Waals surface area contributed by atoms with Crippen LogP contribution >= 0.6 is 23.2 Å². The van der Waals surface area contributed by atoms with E-state index in [1.807, 2.05) is 65.2 Å². The van der Waals surface area contributed by atoms with Crippen LogP contribution in [-0.4, -0.2) is 19.5 Å². The molecule has 0 aliphatic carbocycles. The summed E-state index contributed by atoms with van der Waals surface area (Å²) >= 11 is 12.2. The predicted molar refractivity (Wildman–Crippen MR) is 123 cm³/mol. The standard InChI is InChI=1S/C23H15Cl2N5O/c24-19-11-8-16(12-20(19)25)30-14-28-21-22(26-13-27-23(21)30)29-15-6-9-18(10-7-15)31-17-4-2-1-3-5-17/h1-14H,(H,26,27,29). The third-order valence-corrected chi connectivity index (χ3v) is 5.35. The van der Waals surface area contributed by atoms with Crippen molar-refractivity contribution in [3.63, 3.8) is 0 Å². The van der Waals surface area contributed by atoms with Gasteiger partial charge in [-0.1, -0.05) is 41.4 Å². The number of nitrogens with one attached hydrogen (secondary N) is 1. The summed E-state index contributed by atoms with van der Waals surface area (Å²) in [7, 11) is 0. The van der Waals surface area contributed by atoms with Crippen LogP contribution in [0, 0.1) is 0 Å². The summed E-state index contributed by atoms with van der Waals surface area (Å²) in [4.78, 5) is 13.2. The molecule has 0 saturated heterocycles. The number of fused-ring (bicyclic) bond motifs is 1. The topological polar surface area (TPSA) is 64.9 Å². The van der Waals surface area contributed by atoms with E-state index in [0.29, 0.717) is 27.0 Å². The number of aromatic nitrogens is 4. The zero-order valence-electron chi connectivity index (χ0n) is 16.0. The monoisotopic (exact) mass is 447 g/mol. The number of nitrogens with zero attached hydrogens (tertiary/aromatic N) is 4. The van der Waals surface area contributed by atoms with E-state index in [1.54, 1.807) is 18.5 Å². The van der Waals surface area contributed by atoms with Crippen molar-refractivity contribution in [3.8, 4) is 17.2 Å². The van der Waals surface area contributed by atoms with Crippen molar-refractivity contribution in [1.29, 1.82) is 0 Å². The molecule has 0 amide bonds. The van der Waals surface area contributed by atoms with Crippen molar-refractivity contribution in [2.75, 3.05) is 5.32 Å². The smallest absolute Gasteiger partial charge is 0.170 e. The molecule has 2 heterocycles. The third kappa shape index (κ3) is 4.03. The Labute approximate surface area is 188 Å². The number of hydrogen-bond acceptors (Lipinski definition) is 5. The molecule has 0 spiro atoms. The van der Waals surface area contributed by atoms with Crippen molar-refractivity contribution in [2.45, 2.75) is 0 Å². The Balaban J connectivity index is 1.41. The molecule has 0 fully saturated rings. The molecule has 8 heteroatoms. The Kier molecular flexibility index (Phi) is 5.16. The normalized spacial score (nSPS) is 10.9. The van der Waals surface area contributed by atoms with Gasteiger partial charge in [-0.15, -0.1) is 0 Å². The van der Waals surface area contributed by atoms with Gasteiger partial charge in [-0.25, -0.2) is 15.0 Å². The summed E-state index contributed by atoms with van der Waals surface area (Å²) in [5.74, 6) is 2.13. The molecule has 0 aliphatic heterocycles. The summed E-state index contributed by atoms with van der Waals surface area (Å²) < 4.78 is 7.67. The highest BCUT2D eigenvalue weighted by Crippen LogP contribution is 2.29. The first-order valence-electron chi connectivity index (χ1n) is 9.41. The third-order valence-electron chi connectivity index (χ3n) is 4.61. The fourth-order valence-electron chi connectivity index (χ4n) is 3.12. The molecular weight excluding hydrogens is 433 g/mol. The number of para-hydroxylation sites is 1. The lowest BCUT2D eigenvalue weighted by atomic mass is 10.3. The molecule has 6 nitrogen and oxygen atoms in total. The van der Waals surface area contributed by atoms with Gasteiger partial charge >= 0.3 is 0 Å². The van der Waals surface area contributed by atoms with Gasteiger partial charge in [0.05, 0.1) is 15.7 Å². The van der Waals surface area contributed by atoms with Crippen LogP contribution in [0.5, 0.6) is 11.5 Å². The first-order valence-corrected chi connectivity index (χ1v) is 10.2. The predicted octanol–water partition coefficient (Wildman–Crippen LogP) is 6.66. The van der Waals surface area contributed by atoms with E-state index in [0.717, 1.165) is 22.9 Å². The van der Waals surface area contributed by atoms with E-state index in [-0.39, 0.29) is 0 Å². The van der Waals surface area contributed by atoms with Gasteiger partial charge in [0.25, 0.3) is 0 Å². The van der Waals surface area contributed by atoms with Gasteiger partial charge in [0, 0.05) is 5.69 Å². The number of anilines is 2. The molecule has 31 heavy (non-hydrogen) atoms. The van der Waals surface area contributed by atoms with Crippen LogP contribution in [0.15, 0.2) is 85.5 Å². The highest BCUT2D eigenvalue weighted by molar-refractivity contribution is 6.42. The summed E-state index contributed by atoms with van der Waals surface area (Å²) in [5.41, 5.74) is 2.95. The molecule has 0 atom stereocenters. The molecule has 152 valence electrons. The summed E-state index contributed by atoms with van der Waals surface area (Å²) in [6.07, 6.45) is 3.17. The van der Waals surface area contributed by atoms with E-state index in [1.165, 1.54) is 6.33 Å². The minimum Gasteiger partial charge on any atom is -0.457 e. The largest absolute Gasteiger partial charge is 0.457 e. The molecule has 0 aliphatic rings. The molecule has 0 bridgehead atoms. The maximum absolute atomic E-state index is 6.16. The molecule has 5 rings (SSSR count). The van der Waals surface area contributed by atoms with Crippen LogP contribution in [0.4, 0.5) is 11.5 Å². The van der Waals surface area contributed by atoms with Gasteiger partial charge < -0.3 is 10.1 Å². The number of benzene rings is 3. The lowest BCUT2D eigenvalue weighted by molar-refractivity contribution is 0.483. The first kappa shape index (κ1) is 19.4. The highest BCUT2D eigenvalue weighted by Gasteiger charge is 2.12. The van der Waals surface area contributed by atoms with Crippen LogP contribution in [0.3, 0.4) is 0 Å². The summed E-state index contributed by atoms with van der Waals surface area (Å²) in [5, 5.41) is 4.25. The SMILES string of the molecule is Clc1ccc(-n2cnc3c(Nc4ccc(Oc5ccccc5)cc4)ncnc32)cc1Cl. The fraction of sp³-hybridized carbons (Fsp3) is 0. The number of hydrogen-bond donors (Lipinski definition) is 1. The fourth-order valence-corrected chi connectivity index (χ4v) is 3.41. The molecule has 5 aromatic rings. The summed E-state index contributed by atoms with van der Waals surface area (Å²) in [6.45, 7) is 0.